The van der Waals surface area contributed by atoms with Crippen molar-refractivity contribution in [2.24, 2.45) is 5.92 Å². The summed E-state index contributed by atoms with van der Waals surface area (Å²) in [5.74, 6) is 0.439. The first-order valence-electron chi connectivity index (χ1n) is 7.64. The fraction of sp³-hybridized carbons (Fsp3) is 0.786. The van der Waals surface area contributed by atoms with E-state index in [0.29, 0.717) is 28.7 Å². The van der Waals surface area contributed by atoms with Gasteiger partial charge in [-0.15, -0.1) is 0 Å². The summed E-state index contributed by atoms with van der Waals surface area (Å²) in [6, 6.07) is 0.0865. The summed E-state index contributed by atoms with van der Waals surface area (Å²) >= 11 is 0. The summed E-state index contributed by atoms with van der Waals surface area (Å²) in [7, 11) is -3.46. The van der Waals surface area contributed by atoms with Gasteiger partial charge in [0.1, 0.15) is 4.90 Å². The van der Waals surface area contributed by atoms with E-state index in [4.69, 9.17) is 0 Å². The first-order chi connectivity index (χ1) is 9.86. The van der Waals surface area contributed by atoms with Crippen molar-refractivity contribution in [1.29, 1.82) is 0 Å². The quantitative estimate of drug-likeness (QED) is 0.707. The Morgan fingerprint density at radius 1 is 1.33 bits per heavy atom. The van der Waals surface area contributed by atoms with Gasteiger partial charge in [0.05, 0.1) is 17.9 Å². The van der Waals surface area contributed by atoms with E-state index in [0.717, 1.165) is 25.9 Å². The lowest BCUT2D eigenvalue weighted by molar-refractivity contribution is 0.539. The van der Waals surface area contributed by atoms with E-state index in [9.17, 15) is 8.42 Å². The van der Waals surface area contributed by atoms with E-state index >= 15 is 0 Å². The SMILES string of the molecule is CCCNCCn1nc(C)c(S(=O)(=O)NC2CC2C)c1C. The lowest BCUT2D eigenvalue weighted by Crippen LogP contribution is -2.28. The van der Waals surface area contributed by atoms with Gasteiger partial charge >= 0.3 is 0 Å². The molecule has 2 unspecified atom stereocenters. The fourth-order valence-corrected chi connectivity index (χ4v) is 4.29. The van der Waals surface area contributed by atoms with Crippen LogP contribution < -0.4 is 10.0 Å². The van der Waals surface area contributed by atoms with Crippen molar-refractivity contribution in [3.63, 3.8) is 0 Å². The molecule has 0 saturated heterocycles. The van der Waals surface area contributed by atoms with Gasteiger partial charge < -0.3 is 5.32 Å². The lowest BCUT2D eigenvalue weighted by atomic mass is 10.4. The molecule has 0 aliphatic heterocycles. The Labute approximate surface area is 127 Å². The van der Waals surface area contributed by atoms with Crippen LogP contribution >= 0.6 is 0 Å². The molecule has 7 heteroatoms. The van der Waals surface area contributed by atoms with Gasteiger partial charge in [-0.2, -0.15) is 5.10 Å². The smallest absolute Gasteiger partial charge is 0.244 e. The Kier molecular flexibility index (Phi) is 5.06. The van der Waals surface area contributed by atoms with E-state index in [1.807, 2.05) is 6.92 Å². The van der Waals surface area contributed by atoms with Gasteiger partial charge in [-0.05, 0) is 39.2 Å². The van der Waals surface area contributed by atoms with Crippen LogP contribution in [0.15, 0.2) is 4.90 Å². The van der Waals surface area contributed by atoms with Crippen molar-refractivity contribution in [1.82, 2.24) is 19.8 Å². The highest BCUT2D eigenvalue weighted by atomic mass is 32.2. The topological polar surface area (TPSA) is 76.0 Å². The van der Waals surface area contributed by atoms with Crippen molar-refractivity contribution in [3.8, 4) is 0 Å². The second-order valence-corrected chi connectivity index (χ2v) is 7.56. The average Bonchev–Trinajstić information content (AvgIpc) is 2.97. The molecule has 0 aromatic carbocycles. The molecule has 2 atom stereocenters. The molecule has 1 aromatic heterocycles. The van der Waals surface area contributed by atoms with E-state index in [-0.39, 0.29) is 6.04 Å². The molecule has 6 nitrogen and oxygen atoms in total. The second-order valence-electron chi connectivity index (χ2n) is 5.91. The summed E-state index contributed by atoms with van der Waals surface area (Å²) in [4.78, 5) is 0.345. The minimum atomic E-state index is -3.46. The van der Waals surface area contributed by atoms with Crippen molar-refractivity contribution in [2.45, 2.75) is 58.0 Å². The first-order valence-corrected chi connectivity index (χ1v) is 9.12. The van der Waals surface area contributed by atoms with Gasteiger partial charge in [0.2, 0.25) is 10.0 Å². The van der Waals surface area contributed by atoms with Gasteiger partial charge in [-0.1, -0.05) is 13.8 Å². The molecular formula is C14H26N4O2S. The third kappa shape index (κ3) is 3.84. The summed E-state index contributed by atoms with van der Waals surface area (Å²) in [5.41, 5.74) is 1.29. The van der Waals surface area contributed by atoms with Crippen molar-refractivity contribution >= 4 is 10.0 Å². The standard InChI is InChI=1S/C14H26N4O2S/c1-5-6-15-7-8-18-12(4)14(11(3)16-18)21(19,20)17-13-9-10(13)2/h10,13,15,17H,5-9H2,1-4H3. The highest BCUT2D eigenvalue weighted by Crippen LogP contribution is 2.31. The predicted octanol–water partition coefficient (Wildman–Crippen LogP) is 1.19. The third-order valence-corrected chi connectivity index (χ3v) is 5.67. The van der Waals surface area contributed by atoms with Crippen LogP contribution in [-0.2, 0) is 16.6 Å². The molecule has 0 amide bonds. The number of nitrogens with zero attached hydrogens (tertiary/aromatic N) is 2. The largest absolute Gasteiger partial charge is 0.315 e. The van der Waals surface area contributed by atoms with Crippen LogP contribution in [0.2, 0.25) is 0 Å². The maximum atomic E-state index is 12.5. The summed E-state index contributed by atoms with van der Waals surface area (Å²) in [5, 5.41) is 7.68. The highest BCUT2D eigenvalue weighted by Gasteiger charge is 2.38. The molecule has 21 heavy (non-hydrogen) atoms. The monoisotopic (exact) mass is 314 g/mol. The number of aromatic nitrogens is 2. The van der Waals surface area contributed by atoms with Crippen molar-refractivity contribution in [2.75, 3.05) is 13.1 Å². The number of hydrogen-bond donors (Lipinski definition) is 2. The minimum absolute atomic E-state index is 0.0865. The average molecular weight is 314 g/mol. The molecule has 1 heterocycles. The fourth-order valence-electron chi connectivity index (χ4n) is 2.52. The second kappa shape index (κ2) is 6.46. The molecule has 1 aromatic rings. The molecule has 0 radical (unpaired) electrons. The predicted molar refractivity (Wildman–Crippen MR) is 82.8 cm³/mol. The Bertz CT molecular complexity index is 594. The van der Waals surface area contributed by atoms with Gasteiger partial charge in [0.25, 0.3) is 0 Å². The molecule has 0 bridgehead atoms. The number of hydrogen-bond acceptors (Lipinski definition) is 4. The Morgan fingerprint density at radius 2 is 2.00 bits per heavy atom. The highest BCUT2D eigenvalue weighted by molar-refractivity contribution is 7.89. The zero-order valence-electron chi connectivity index (χ0n) is 13.3. The molecule has 2 rings (SSSR count). The molecule has 120 valence electrons. The Hall–Kier alpha value is -0.920. The molecule has 2 N–H and O–H groups in total. The van der Waals surface area contributed by atoms with Crippen LogP contribution in [0.3, 0.4) is 0 Å². The number of rotatable bonds is 8. The van der Waals surface area contributed by atoms with Crippen LogP contribution in [0.5, 0.6) is 0 Å². The van der Waals surface area contributed by atoms with Crippen LogP contribution in [0.25, 0.3) is 0 Å². The molecular weight excluding hydrogens is 288 g/mol. The Balaban J connectivity index is 2.11. The number of nitrogens with one attached hydrogen (secondary N) is 2. The van der Waals surface area contributed by atoms with E-state index in [1.165, 1.54) is 0 Å². The van der Waals surface area contributed by atoms with Gasteiger partial charge in [-0.25, -0.2) is 13.1 Å². The van der Waals surface area contributed by atoms with Gasteiger partial charge in [0, 0.05) is 12.6 Å². The van der Waals surface area contributed by atoms with Crippen LogP contribution in [0, 0.1) is 19.8 Å². The normalized spacial score (nSPS) is 21.7. The van der Waals surface area contributed by atoms with E-state index in [2.05, 4.69) is 29.0 Å². The third-order valence-electron chi connectivity index (χ3n) is 3.93. The van der Waals surface area contributed by atoms with E-state index < -0.39 is 10.0 Å². The lowest BCUT2D eigenvalue weighted by Gasteiger charge is -2.08. The minimum Gasteiger partial charge on any atom is -0.315 e. The number of sulfonamides is 1. The van der Waals surface area contributed by atoms with Gasteiger partial charge in [0.15, 0.2) is 0 Å². The molecule has 1 aliphatic carbocycles. The van der Waals surface area contributed by atoms with Gasteiger partial charge in [-0.3, -0.25) is 4.68 Å². The van der Waals surface area contributed by atoms with Crippen LogP contribution in [-0.4, -0.2) is 37.3 Å². The van der Waals surface area contributed by atoms with Crippen molar-refractivity contribution in [3.05, 3.63) is 11.4 Å². The molecule has 1 aliphatic rings. The maximum Gasteiger partial charge on any atom is 0.244 e. The zero-order chi connectivity index (χ0) is 15.6. The van der Waals surface area contributed by atoms with Crippen LogP contribution in [0.1, 0.15) is 38.1 Å². The summed E-state index contributed by atoms with van der Waals surface area (Å²) < 4.78 is 29.5. The number of aryl methyl sites for hydroxylation is 1. The zero-order valence-corrected chi connectivity index (χ0v) is 14.1. The molecule has 1 saturated carbocycles. The van der Waals surface area contributed by atoms with Crippen molar-refractivity contribution < 1.29 is 8.42 Å². The van der Waals surface area contributed by atoms with E-state index in [1.54, 1.807) is 11.6 Å². The summed E-state index contributed by atoms with van der Waals surface area (Å²) in [6.45, 7) is 10.2. The molecule has 0 spiro atoms. The molecule has 1 fully saturated rings. The first kappa shape index (κ1) is 16.5. The summed E-state index contributed by atoms with van der Waals surface area (Å²) in [6.07, 6.45) is 2.01. The Morgan fingerprint density at radius 3 is 2.57 bits per heavy atom. The van der Waals surface area contributed by atoms with Crippen LogP contribution in [0.4, 0.5) is 0 Å². The maximum absolute atomic E-state index is 12.5.